The predicted molar refractivity (Wildman–Crippen MR) is 115 cm³/mol. The lowest BCUT2D eigenvalue weighted by Crippen LogP contribution is -2.47. The summed E-state index contributed by atoms with van der Waals surface area (Å²) >= 11 is 0. The average Bonchev–Trinajstić information content (AvgIpc) is 3.06. The van der Waals surface area contributed by atoms with Gasteiger partial charge in [-0.25, -0.2) is 4.39 Å². The zero-order valence-electron chi connectivity index (χ0n) is 19.3. The highest BCUT2D eigenvalue weighted by Gasteiger charge is 2.66. The summed E-state index contributed by atoms with van der Waals surface area (Å²) in [6.07, 6.45) is -5.66. The van der Waals surface area contributed by atoms with E-state index in [0.717, 1.165) is 39.1 Å². The number of amides is 2. The van der Waals surface area contributed by atoms with Crippen molar-refractivity contribution >= 4 is 23.3 Å². The molecule has 0 saturated carbocycles. The van der Waals surface area contributed by atoms with E-state index in [1.54, 1.807) is 0 Å². The zero-order chi connectivity index (χ0) is 27.0. The van der Waals surface area contributed by atoms with Crippen molar-refractivity contribution in [2.75, 3.05) is 11.9 Å². The molecular formula is C23H22F5N3O5. The Morgan fingerprint density at radius 1 is 1.22 bits per heavy atom. The number of alkyl halides is 3. The van der Waals surface area contributed by atoms with Crippen LogP contribution in [0, 0.1) is 17.6 Å². The second-order valence-corrected chi connectivity index (χ2v) is 8.51. The molecule has 2 amide bonds. The van der Waals surface area contributed by atoms with Crippen LogP contribution in [0.25, 0.3) is 0 Å². The smallest absolute Gasteiger partial charge is 0.417 e. The van der Waals surface area contributed by atoms with Crippen LogP contribution < -0.4 is 15.8 Å². The molecule has 13 heteroatoms. The maximum absolute atomic E-state index is 14.7. The summed E-state index contributed by atoms with van der Waals surface area (Å²) in [5.74, 6) is -9.19. The number of ether oxygens (including phenoxy) is 2. The number of benzene rings is 1. The van der Waals surface area contributed by atoms with Gasteiger partial charge in [-0.2, -0.15) is 17.6 Å². The fourth-order valence-electron chi connectivity index (χ4n) is 4.01. The van der Waals surface area contributed by atoms with Crippen molar-refractivity contribution in [3.8, 4) is 5.75 Å². The molecule has 0 bridgehead atoms. The van der Waals surface area contributed by atoms with E-state index in [-0.39, 0.29) is 16.9 Å². The Kier molecular flexibility index (Phi) is 7.35. The van der Waals surface area contributed by atoms with Gasteiger partial charge in [0.05, 0.1) is 0 Å². The van der Waals surface area contributed by atoms with E-state index in [1.807, 2.05) is 0 Å². The van der Waals surface area contributed by atoms with Gasteiger partial charge >= 0.3 is 6.18 Å². The molecule has 0 radical (unpaired) electrons. The van der Waals surface area contributed by atoms with Crippen molar-refractivity contribution < 1.29 is 45.8 Å². The summed E-state index contributed by atoms with van der Waals surface area (Å²) in [6.45, 7) is 2.32. The third-order valence-electron chi connectivity index (χ3n) is 6.07. The summed E-state index contributed by atoms with van der Waals surface area (Å²) < 4.78 is 81.2. The number of Topliss-reactive ketones (excluding diaryl/α,β-unsaturated/α-hetero) is 1. The lowest BCUT2D eigenvalue weighted by Gasteiger charge is -2.32. The van der Waals surface area contributed by atoms with Gasteiger partial charge in [-0.15, -0.1) is 0 Å². The Morgan fingerprint density at radius 3 is 2.47 bits per heavy atom. The largest absolute Gasteiger partial charge is 0.482 e. The van der Waals surface area contributed by atoms with E-state index < -0.39 is 71.3 Å². The summed E-state index contributed by atoms with van der Waals surface area (Å²) in [6, 6.07) is 4.03. The first kappa shape index (κ1) is 27.0. The third-order valence-corrected chi connectivity index (χ3v) is 6.07. The van der Waals surface area contributed by atoms with Gasteiger partial charge in [0.25, 0.3) is 11.8 Å². The average molecular weight is 515 g/mol. The molecule has 1 fully saturated rings. The van der Waals surface area contributed by atoms with Crippen LogP contribution in [0.5, 0.6) is 5.75 Å². The number of nitrogens with two attached hydrogens (primary N) is 1. The standard InChI is InChI=1S/C23H22F5N3O5/c1-10(32)9-35-18-13(4-5-14(24)17(18)25)16-11(2)22(3,23(26,27)28)36-19(16)21(34)31-12-6-7-30-15(8-12)20(29)33/h4-8,11,16,19H,9H2,1-3H3,(H2,29,33)(H,30,31,34)/t11-,16-,19+,22+/m0/s1. The quantitative estimate of drug-likeness (QED) is 0.545. The van der Waals surface area contributed by atoms with E-state index >= 15 is 0 Å². The van der Waals surface area contributed by atoms with E-state index in [1.165, 1.54) is 6.07 Å². The molecule has 2 aromatic rings. The monoisotopic (exact) mass is 515 g/mol. The number of nitrogens with zero attached hydrogens (tertiary/aromatic N) is 1. The first-order valence-corrected chi connectivity index (χ1v) is 10.6. The number of rotatable bonds is 7. The van der Waals surface area contributed by atoms with Crippen molar-refractivity contribution in [3.05, 3.63) is 53.4 Å². The predicted octanol–water partition coefficient (Wildman–Crippen LogP) is 3.50. The van der Waals surface area contributed by atoms with Gasteiger partial charge in [-0.3, -0.25) is 19.4 Å². The second-order valence-electron chi connectivity index (χ2n) is 8.51. The normalized spacial score (nSPS) is 23.8. The van der Waals surface area contributed by atoms with Crippen molar-refractivity contribution in [1.82, 2.24) is 4.98 Å². The van der Waals surface area contributed by atoms with Crippen molar-refractivity contribution in [3.63, 3.8) is 0 Å². The highest BCUT2D eigenvalue weighted by atomic mass is 19.4. The van der Waals surface area contributed by atoms with Crippen LogP contribution >= 0.6 is 0 Å². The molecule has 3 rings (SSSR count). The fourth-order valence-corrected chi connectivity index (χ4v) is 4.01. The van der Waals surface area contributed by atoms with Crippen LogP contribution in [0.15, 0.2) is 30.5 Å². The maximum Gasteiger partial charge on any atom is 0.417 e. The van der Waals surface area contributed by atoms with Crippen molar-refractivity contribution in [2.45, 2.75) is 44.6 Å². The first-order valence-electron chi connectivity index (χ1n) is 10.6. The summed E-state index contributed by atoms with van der Waals surface area (Å²) in [5.41, 5.74) is 1.78. The van der Waals surface area contributed by atoms with Gasteiger partial charge < -0.3 is 20.5 Å². The minimum absolute atomic E-state index is 0.0160. The number of nitrogens with one attached hydrogen (secondary N) is 1. The highest BCUT2D eigenvalue weighted by molar-refractivity contribution is 5.97. The number of hydrogen-bond donors (Lipinski definition) is 2. The number of carbonyl (C=O) groups is 3. The van der Waals surface area contributed by atoms with Crippen LogP contribution in [0.1, 0.15) is 42.7 Å². The number of ketones is 1. The Morgan fingerprint density at radius 2 is 1.89 bits per heavy atom. The lowest BCUT2D eigenvalue weighted by molar-refractivity contribution is -0.272. The van der Waals surface area contributed by atoms with E-state index in [2.05, 4.69) is 10.3 Å². The maximum atomic E-state index is 14.7. The molecule has 1 aliphatic heterocycles. The van der Waals surface area contributed by atoms with Crippen LogP contribution in [-0.2, 0) is 14.3 Å². The number of anilines is 1. The van der Waals surface area contributed by atoms with Crippen LogP contribution in [-0.4, -0.2) is 47.1 Å². The van der Waals surface area contributed by atoms with Crippen molar-refractivity contribution in [1.29, 1.82) is 0 Å². The molecule has 4 atom stereocenters. The SMILES string of the molecule is CC(=O)COc1c([C@H]2[C@H](C(=O)Nc3ccnc(C(N)=O)c3)O[C@@](C)(C(F)(F)F)[C@H]2C)ccc(F)c1F. The molecule has 0 aliphatic carbocycles. The summed E-state index contributed by atoms with van der Waals surface area (Å²) in [4.78, 5) is 39.6. The Balaban J connectivity index is 2.10. The second kappa shape index (κ2) is 9.80. The molecule has 8 nitrogen and oxygen atoms in total. The number of pyridine rings is 1. The molecule has 36 heavy (non-hydrogen) atoms. The Labute approximate surface area is 202 Å². The van der Waals surface area contributed by atoms with Crippen LogP contribution in [0.4, 0.5) is 27.6 Å². The minimum Gasteiger partial charge on any atom is -0.482 e. The minimum atomic E-state index is -4.95. The van der Waals surface area contributed by atoms with E-state index in [0.29, 0.717) is 6.07 Å². The van der Waals surface area contributed by atoms with Gasteiger partial charge in [0.2, 0.25) is 5.82 Å². The molecule has 3 N–H and O–H groups in total. The molecule has 0 spiro atoms. The number of carbonyl (C=O) groups excluding carboxylic acids is 3. The van der Waals surface area contributed by atoms with Gasteiger partial charge in [0.15, 0.2) is 23.0 Å². The lowest BCUT2D eigenvalue weighted by atomic mass is 9.77. The molecule has 1 saturated heterocycles. The zero-order valence-corrected chi connectivity index (χ0v) is 19.3. The van der Waals surface area contributed by atoms with E-state index in [9.17, 15) is 36.3 Å². The molecule has 1 aromatic heterocycles. The van der Waals surface area contributed by atoms with Crippen molar-refractivity contribution in [2.24, 2.45) is 11.7 Å². The molecule has 2 heterocycles. The summed E-state index contributed by atoms with van der Waals surface area (Å²) in [5, 5.41) is 2.34. The first-order chi connectivity index (χ1) is 16.7. The van der Waals surface area contributed by atoms with Gasteiger partial charge in [0.1, 0.15) is 18.4 Å². The topological polar surface area (TPSA) is 121 Å². The molecule has 0 unspecified atom stereocenters. The molecule has 1 aromatic carbocycles. The number of hydrogen-bond acceptors (Lipinski definition) is 6. The fraction of sp³-hybridized carbons (Fsp3) is 0.391. The number of primary amides is 1. The van der Waals surface area contributed by atoms with Gasteiger partial charge in [-0.1, -0.05) is 13.0 Å². The Hall–Kier alpha value is -3.61. The van der Waals surface area contributed by atoms with Crippen LogP contribution in [0.2, 0.25) is 0 Å². The molecular weight excluding hydrogens is 493 g/mol. The highest BCUT2D eigenvalue weighted by Crippen LogP contribution is 2.55. The van der Waals surface area contributed by atoms with Gasteiger partial charge in [-0.05, 0) is 32.0 Å². The van der Waals surface area contributed by atoms with Crippen LogP contribution in [0.3, 0.4) is 0 Å². The van der Waals surface area contributed by atoms with Gasteiger partial charge in [0, 0.05) is 29.3 Å². The Bertz CT molecular complexity index is 1210. The number of halogens is 5. The summed E-state index contributed by atoms with van der Waals surface area (Å²) in [7, 11) is 0. The third kappa shape index (κ3) is 5.01. The van der Waals surface area contributed by atoms with E-state index in [4.69, 9.17) is 15.2 Å². The molecule has 194 valence electrons. The molecule has 1 aliphatic rings. The number of aromatic nitrogens is 1.